The molecule has 7 heteroatoms. The van der Waals surface area contributed by atoms with E-state index < -0.39 is 5.91 Å². The number of ether oxygens (including phenoxy) is 1. The Hall–Kier alpha value is -3.35. The van der Waals surface area contributed by atoms with Crippen LogP contribution in [0, 0.1) is 0 Å². The number of rotatable bonds is 10. The van der Waals surface area contributed by atoms with Gasteiger partial charge in [0.1, 0.15) is 5.75 Å². The molecule has 0 unspecified atom stereocenters. The highest BCUT2D eigenvalue weighted by Crippen LogP contribution is 2.13. The number of benzene rings is 2. The molecule has 0 aromatic heterocycles. The Bertz CT molecular complexity index is 772. The van der Waals surface area contributed by atoms with Crippen molar-refractivity contribution in [2.24, 2.45) is 5.10 Å². The number of hydrazone groups is 1. The van der Waals surface area contributed by atoms with Gasteiger partial charge in [-0.15, -0.1) is 0 Å². The highest BCUT2D eigenvalue weighted by molar-refractivity contribution is 5.86. The van der Waals surface area contributed by atoms with Gasteiger partial charge >= 0.3 is 0 Å². The second-order valence-corrected chi connectivity index (χ2v) is 5.94. The molecule has 2 aromatic carbocycles. The summed E-state index contributed by atoms with van der Waals surface area (Å²) in [7, 11) is 0. The molecule has 7 nitrogen and oxygen atoms in total. The number of hydrogen-bond donors (Lipinski definition) is 2. The van der Waals surface area contributed by atoms with E-state index >= 15 is 0 Å². The quantitative estimate of drug-likeness (QED) is 0.487. The lowest BCUT2D eigenvalue weighted by atomic mass is 10.2. The number of nitrogens with one attached hydrogen (secondary N) is 2. The number of hydrogen-bond acceptors (Lipinski definition) is 5. The van der Waals surface area contributed by atoms with Gasteiger partial charge in [-0.2, -0.15) is 5.10 Å². The van der Waals surface area contributed by atoms with E-state index in [2.05, 4.69) is 34.6 Å². The SMILES string of the molecule is CCN(CC)c1ccc(/C=N\NC(=O)CNC(=O)COc2ccccc2)cc1. The van der Waals surface area contributed by atoms with Crippen molar-refractivity contribution >= 4 is 23.7 Å². The second-order valence-electron chi connectivity index (χ2n) is 5.94. The number of para-hydroxylation sites is 1. The van der Waals surface area contributed by atoms with E-state index in [1.54, 1.807) is 18.3 Å². The van der Waals surface area contributed by atoms with Gasteiger partial charge in [0.25, 0.3) is 11.8 Å². The molecule has 0 spiro atoms. The molecule has 2 amide bonds. The molecule has 0 aliphatic carbocycles. The summed E-state index contributed by atoms with van der Waals surface area (Å²) in [4.78, 5) is 25.7. The van der Waals surface area contributed by atoms with Crippen LogP contribution in [0.15, 0.2) is 59.7 Å². The minimum Gasteiger partial charge on any atom is -0.484 e. The molecule has 28 heavy (non-hydrogen) atoms. The standard InChI is InChI=1S/C21H26N4O3/c1-3-25(4-2)18-12-10-17(11-13-18)14-23-24-20(26)15-22-21(27)16-28-19-8-6-5-7-9-19/h5-14H,3-4,15-16H2,1-2H3,(H,22,27)(H,24,26)/b23-14-. The largest absolute Gasteiger partial charge is 0.484 e. The van der Waals surface area contributed by atoms with Gasteiger partial charge < -0.3 is 15.0 Å². The molecule has 2 N–H and O–H groups in total. The van der Waals surface area contributed by atoms with Crippen LogP contribution in [0.1, 0.15) is 19.4 Å². The normalized spacial score (nSPS) is 10.5. The molecule has 0 saturated carbocycles. The first-order valence-electron chi connectivity index (χ1n) is 9.23. The van der Waals surface area contributed by atoms with Crippen LogP contribution in [-0.2, 0) is 9.59 Å². The van der Waals surface area contributed by atoms with E-state index in [-0.39, 0.29) is 19.1 Å². The highest BCUT2D eigenvalue weighted by Gasteiger charge is 2.06. The van der Waals surface area contributed by atoms with Crippen molar-refractivity contribution in [2.75, 3.05) is 31.1 Å². The van der Waals surface area contributed by atoms with E-state index in [9.17, 15) is 9.59 Å². The van der Waals surface area contributed by atoms with Crippen LogP contribution >= 0.6 is 0 Å². The molecule has 0 saturated heterocycles. The number of anilines is 1. The van der Waals surface area contributed by atoms with E-state index in [1.165, 1.54) is 0 Å². The fraction of sp³-hybridized carbons (Fsp3) is 0.286. The Morgan fingerprint density at radius 1 is 1.00 bits per heavy atom. The Balaban J connectivity index is 1.69. The van der Waals surface area contributed by atoms with Crippen LogP contribution in [0.25, 0.3) is 0 Å². The lowest BCUT2D eigenvalue weighted by Crippen LogP contribution is -2.37. The first-order chi connectivity index (χ1) is 13.6. The molecule has 0 fully saturated rings. The van der Waals surface area contributed by atoms with Crippen molar-refractivity contribution in [1.82, 2.24) is 10.7 Å². The Morgan fingerprint density at radius 2 is 1.68 bits per heavy atom. The molecule has 0 aliphatic heterocycles. The third kappa shape index (κ3) is 7.11. The lowest BCUT2D eigenvalue weighted by molar-refractivity contribution is -0.127. The average Bonchev–Trinajstić information content (AvgIpc) is 2.73. The molecule has 2 rings (SSSR count). The summed E-state index contributed by atoms with van der Waals surface area (Å²) >= 11 is 0. The zero-order chi connectivity index (χ0) is 20.2. The fourth-order valence-corrected chi connectivity index (χ4v) is 2.47. The number of amides is 2. The lowest BCUT2D eigenvalue weighted by Gasteiger charge is -2.20. The van der Waals surface area contributed by atoms with Crippen LogP contribution in [0.5, 0.6) is 5.75 Å². The smallest absolute Gasteiger partial charge is 0.259 e. The molecular formula is C21H26N4O3. The van der Waals surface area contributed by atoms with Crippen LogP contribution in [0.3, 0.4) is 0 Å². The van der Waals surface area contributed by atoms with Crippen molar-refractivity contribution in [1.29, 1.82) is 0 Å². The molecule has 148 valence electrons. The zero-order valence-corrected chi connectivity index (χ0v) is 16.2. The summed E-state index contributed by atoms with van der Waals surface area (Å²) in [6.45, 7) is 5.79. The summed E-state index contributed by atoms with van der Waals surface area (Å²) in [5.41, 5.74) is 4.40. The van der Waals surface area contributed by atoms with E-state index in [4.69, 9.17) is 4.74 Å². The number of nitrogens with zero attached hydrogens (tertiary/aromatic N) is 2. The van der Waals surface area contributed by atoms with Gasteiger partial charge in [0.05, 0.1) is 12.8 Å². The summed E-state index contributed by atoms with van der Waals surface area (Å²) in [5, 5.41) is 6.39. The van der Waals surface area contributed by atoms with Gasteiger partial charge in [-0.25, -0.2) is 5.43 Å². The maximum absolute atomic E-state index is 11.7. The summed E-state index contributed by atoms with van der Waals surface area (Å²) in [6.07, 6.45) is 1.56. The number of carbonyl (C=O) groups is 2. The maximum Gasteiger partial charge on any atom is 0.259 e. The van der Waals surface area contributed by atoms with Gasteiger partial charge in [0, 0.05) is 18.8 Å². The number of carbonyl (C=O) groups excluding carboxylic acids is 2. The van der Waals surface area contributed by atoms with E-state index in [0.717, 1.165) is 24.3 Å². The first kappa shape index (κ1) is 21.0. The Morgan fingerprint density at radius 3 is 2.32 bits per heavy atom. The van der Waals surface area contributed by atoms with Crippen molar-refractivity contribution in [3.05, 3.63) is 60.2 Å². The minimum absolute atomic E-state index is 0.153. The summed E-state index contributed by atoms with van der Waals surface area (Å²) < 4.78 is 5.30. The first-order valence-corrected chi connectivity index (χ1v) is 9.23. The second kappa shape index (κ2) is 11.4. The van der Waals surface area contributed by atoms with Crippen LogP contribution in [0.2, 0.25) is 0 Å². The van der Waals surface area contributed by atoms with Crippen molar-refractivity contribution in [3.63, 3.8) is 0 Å². The molecule has 0 bridgehead atoms. The third-order valence-electron chi connectivity index (χ3n) is 3.98. The van der Waals surface area contributed by atoms with Crippen LogP contribution in [-0.4, -0.2) is 44.3 Å². The van der Waals surface area contributed by atoms with Gasteiger partial charge in [-0.3, -0.25) is 9.59 Å². The molecule has 0 heterocycles. The van der Waals surface area contributed by atoms with Crippen molar-refractivity contribution < 1.29 is 14.3 Å². The summed E-state index contributed by atoms with van der Waals surface area (Å²) in [5.74, 6) is -0.197. The predicted molar refractivity (Wildman–Crippen MR) is 111 cm³/mol. The van der Waals surface area contributed by atoms with Crippen LogP contribution < -0.4 is 20.4 Å². The molecule has 0 atom stereocenters. The monoisotopic (exact) mass is 382 g/mol. The molecule has 0 radical (unpaired) electrons. The van der Waals surface area contributed by atoms with Crippen molar-refractivity contribution in [2.45, 2.75) is 13.8 Å². The van der Waals surface area contributed by atoms with Gasteiger partial charge in [0.2, 0.25) is 0 Å². The third-order valence-corrected chi connectivity index (χ3v) is 3.98. The highest BCUT2D eigenvalue weighted by atomic mass is 16.5. The van der Waals surface area contributed by atoms with Gasteiger partial charge in [0.15, 0.2) is 6.61 Å². The van der Waals surface area contributed by atoms with Crippen molar-refractivity contribution in [3.8, 4) is 5.75 Å². The Kier molecular flexibility index (Phi) is 8.52. The maximum atomic E-state index is 11.7. The molecule has 0 aliphatic rings. The molecular weight excluding hydrogens is 356 g/mol. The topological polar surface area (TPSA) is 83.0 Å². The zero-order valence-electron chi connectivity index (χ0n) is 16.2. The summed E-state index contributed by atoms with van der Waals surface area (Å²) in [6, 6.07) is 16.9. The van der Waals surface area contributed by atoms with E-state index in [1.807, 2.05) is 42.5 Å². The minimum atomic E-state index is -0.413. The fourth-order valence-electron chi connectivity index (χ4n) is 2.47. The van der Waals surface area contributed by atoms with Crippen LogP contribution in [0.4, 0.5) is 5.69 Å². The Labute approximate surface area is 165 Å². The van der Waals surface area contributed by atoms with Gasteiger partial charge in [-0.05, 0) is 43.7 Å². The average molecular weight is 382 g/mol. The molecule has 2 aromatic rings. The predicted octanol–water partition coefficient (Wildman–Crippen LogP) is 2.18. The van der Waals surface area contributed by atoms with Gasteiger partial charge in [-0.1, -0.05) is 30.3 Å². The van der Waals surface area contributed by atoms with E-state index in [0.29, 0.717) is 5.75 Å².